The van der Waals surface area contributed by atoms with E-state index in [2.05, 4.69) is 4.98 Å². The quantitative estimate of drug-likeness (QED) is 0.829. The molecule has 0 saturated heterocycles. The van der Waals surface area contributed by atoms with E-state index in [0.717, 1.165) is 0 Å². The van der Waals surface area contributed by atoms with E-state index in [0.29, 0.717) is 0 Å². The Kier molecular flexibility index (Phi) is 3.81. The zero-order valence-electron chi connectivity index (χ0n) is 7.35. The predicted octanol–water partition coefficient (Wildman–Crippen LogP) is 2.82. The van der Waals surface area contributed by atoms with Crippen LogP contribution in [0.1, 0.15) is 5.69 Å². The van der Waals surface area contributed by atoms with Gasteiger partial charge in [0.05, 0.1) is 0 Å². The van der Waals surface area contributed by atoms with E-state index in [4.69, 9.17) is 28.9 Å². The minimum absolute atomic E-state index is 0.0480. The summed E-state index contributed by atoms with van der Waals surface area (Å²) in [7, 11) is 0. The Bertz CT molecular complexity index is 334. The van der Waals surface area contributed by atoms with Crippen LogP contribution in [0.25, 0.3) is 0 Å². The fraction of sp³-hybridized carbons (Fsp3) is 0.375. The van der Waals surface area contributed by atoms with Crippen molar-refractivity contribution in [3.8, 4) is 0 Å². The summed E-state index contributed by atoms with van der Waals surface area (Å²) in [6, 6.07) is 0.685. The second kappa shape index (κ2) is 4.55. The number of nitrogens with two attached hydrogens (primary N) is 1. The molecule has 1 unspecified atom stereocenters. The smallest absolute Gasteiger partial charge is 0.320 e. The Labute approximate surface area is 94.2 Å². The molecule has 0 aliphatic heterocycles. The van der Waals surface area contributed by atoms with Crippen LogP contribution in [0.3, 0.4) is 0 Å². The molecule has 0 fully saturated rings. The van der Waals surface area contributed by atoms with Gasteiger partial charge in [-0.1, -0.05) is 23.2 Å². The molecule has 0 spiro atoms. The van der Waals surface area contributed by atoms with Crippen molar-refractivity contribution in [1.29, 1.82) is 0 Å². The van der Waals surface area contributed by atoms with Crippen molar-refractivity contribution < 1.29 is 13.2 Å². The van der Waals surface area contributed by atoms with Crippen LogP contribution in [0.4, 0.5) is 13.2 Å². The summed E-state index contributed by atoms with van der Waals surface area (Å²) in [5.74, 6) is 0. The molecule has 15 heavy (non-hydrogen) atoms. The highest BCUT2D eigenvalue weighted by Crippen LogP contribution is 2.22. The van der Waals surface area contributed by atoms with Gasteiger partial charge in [0.2, 0.25) is 0 Å². The highest BCUT2D eigenvalue weighted by Gasteiger charge is 2.36. The van der Waals surface area contributed by atoms with Gasteiger partial charge in [0.15, 0.2) is 0 Å². The van der Waals surface area contributed by atoms with E-state index >= 15 is 0 Å². The van der Waals surface area contributed by atoms with Crippen molar-refractivity contribution in [2.24, 2.45) is 5.73 Å². The first-order chi connectivity index (χ1) is 6.79. The fourth-order valence-electron chi connectivity index (χ4n) is 0.962. The van der Waals surface area contributed by atoms with Gasteiger partial charge in [0, 0.05) is 17.1 Å². The Balaban J connectivity index is 2.81. The average molecular weight is 259 g/mol. The third-order valence-electron chi connectivity index (χ3n) is 1.66. The van der Waals surface area contributed by atoms with Gasteiger partial charge in [-0.05, 0) is 12.1 Å². The molecular formula is C8H7Cl2F3N2. The first kappa shape index (κ1) is 12.5. The molecule has 0 radical (unpaired) electrons. The summed E-state index contributed by atoms with van der Waals surface area (Å²) < 4.78 is 36.4. The number of rotatable bonds is 2. The van der Waals surface area contributed by atoms with Gasteiger partial charge < -0.3 is 5.73 Å². The van der Waals surface area contributed by atoms with E-state index in [1.54, 1.807) is 0 Å². The largest absolute Gasteiger partial charge is 0.404 e. The van der Waals surface area contributed by atoms with E-state index < -0.39 is 18.6 Å². The lowest BCUT2D eigenvalue weighted by Gasteiger charge is -2.14. The Hall–Kier alpha value is -0.520. The Morgan fingerprint density at radius 1 is 1.33 bits per heavy atom. The first-order valence-corrected chi connectivity index (χ1v) is 4.69. The average Bonchev–Trinajstić information content (AvgIpc) is 1.99. The van der Waals surface area contributed by atoms with E-state index in [9.17, 15) is 13.2 Å². The third-order valence-corrected chi connectivity index (χ3v) is 2.07. The van der Waals surface area contributed by atoms with Crippen molar-refractivity contribution in [2.45, 2.75) is 18.6 Å². The fourth-order valence-corrected chi connectivity index (χ4v) is 1.47. The lowest BCUT2D eigenvalue weighted by Crippen LogP contribution is -2.39. The van der Waals surface area contributed by atoms with Crippen LogP contribution in [0, 0.1) is 0 Å². The number of hydrogen-bond acceptors (Lipinski definition) is 2. The second-order valence-electron chi connectivity index (χ2n) is 2.95. The lowest BCUT2D eigenvalue weighted by molar-refractivity contribution is -0.147. The summed E-state index contributed by atoms with van der Waals surface area (Å²) in [4.78, 5) is 3.69. The molecule has 1 heterocycles. The van der Waals surface area contributed by atoms with Crippen LogP contribution in [0.15, 0.2) is 12.1 Å². The van der Waals surface area contributed by atoms with Gasteiger partial charge in [-0.15, -0.1) is 0 Å². The lowest BCUT2D eigenvalue weighted by atomic mass is 10.1. The van der Waals surface area contributed by atoms with Crippen molar-refractivity contribution in [3.05, 3.63) is 28.0 Å². The highest BCUT2D eigenvalue weighted by molar-refractivity contribution is 6.33. The van der Waals surface area contributed by atoms with E-state index in [1.807, 2.05) is 0 Å². The van der Waals surface area contributed by atoms with Gasteiger partial charge in [-0.3, -0.25) is 0 Å². The maximum absolute atomic E-state index is 12.1. The van der Waals surface area contributed by atoms with Crippen LogP contribution in [-0.2, 0) is 6.42 Å². The SMILES string of the molecule is NC(Cc1cc(Cl)cc(Cl)n1)C(F)(F)F. The monoisotopic (exact) mass is 258 g/mol. The topological polar surface area (TPSA) is 38.9 Å². The maximum atomic E-state index is 12.1. The molecule has 1 rings (SSSR count). The molecule has 0 aliphatic carbocycles. The van der Waals surface area contributed by atoms with Crippen LogP contribution < -0.4 is 5.73 Å². The summed E-state index contributed by atoms with van der Waals surface area (Å²) in [6.45, 7) is 0. The van der Waals surface area contributed by atoms with Gasteiger partial charge in [-0.25, -0.2) is 4.98 Å². The van der Waals surface area contributed by atoms with Crippen molar-refractivity contribution >= 4 is 23.2 Å². The third kappa shape index (κ3) is 3.85. The molecule has 0 aromatic carbocycles. The van der Waals surface area contributed by atoms with Gasteiger partial charge >= 0.3 is 6.18 Å². The normalized spacial score (nSPS) is 14.0. The maximum Gasteiger partial charge on any atom is 0.404 e. The zero-order chi connectivity index (χ0) is 11.6. The number of nitrogens with zero attached hydrogens (tertiary/aromatic N) is 1. The Morgan fingerprint density at radius 3 is 2.40 bits per heavy atom. The molecule has 84 valence electrons. The van der Waals surface area contributed by atoms with Crippen molar-refractivity contribution in [2.75, 3.05) is 0 Å². The van der Waals surface area contributed by atoms with Crippen LogP contribution in [-0.4, -0.2) is 17.2 Å². The van der Waals surface area contributed by atoms with Crippen molar-refractivity contribution in [1.82, 2.24) is 4.98 Å². The molecule has 0 amide bonds. The first-order valence-electron chi connectivity index (χ1n) is 3.93. The highest BCUT2D eigenvalue weighted by atomic mass is 35.5. The van der Waals surface area contributed by atoms with E-state index in [-0.39, 0.29) is 15.9 Å². The summed E-state index contributed by atoms with van der Waals surface area (Å²) in [5, 5.41) is 0.284. The van der Waals surface area contributed by atoms with Crippen LogP contribution in [0.2, 0.25) is 10.2 Å². The number of pyridine rings is 1. The molecular weight excluding hydrogens is 252 g/mol. The molecule has 0 bridgehead atoms. The number of aromatic nitrogens is 1. The Morgan fingerprint density at radius 2 is 1.93 bits per heavy atom. The number of halogens is 5. The molecule has 1 aromatic rings. The summed E-state index contributed by atoms with van der Waals surface area (Å²) >= 11 is 11.1. The van der Waals surface area contributed by atoms with Gasteiger partial charge in [0.1, 0.15) is 11.2 Å². The molecule has 2 N–H and O–H groups in total. The minimum Gasteiger partial charge on any atom is -0.320 e. The molecule has 1 aromatic heterocycles. The van der Waals surface area contributed by atoms with Gasteiger partial charge in [-0.2, -0.15) is 13.2 Å². The minimum atomic E-state index is -4.45. The van der Waals surface area contributed by atoms with Crippen molar-refractivity contribution in [3.63, 3.8) is 0 Å². The van der Waals surface area contributed by atoms with Crippen LogP contribution in [0.5, 0.6) is 0 Å². The molecule has 0 saturated carbocycles. The molecule has 2 nitrogen and oxygen atoms in total. The standard InChI is InChI=1S/C8H7Cl2F3N2/c9-4-1-5(15-7(10)2-4)3-6(14)8(11,12)13/h1-2,6H,3,14H2. The summed E-state index contributed by atoms with van der Waals surface area (Å²) in [6.07, 6.45) is -4.89. The number of hydrogen-bond donors (Lipinski definition) is 1. The molecule has 0 aliphatic rings. The molecule has 1 atom stereocenters. The van der Waals surface area contributed by atoms with Gasteiger partial charge in [0.25, 0.3) is 0 Å². The van der Waals surface area contributed by atoms with E-state index in [1.165, 1.54) is 12.1 Å². The molecule has 7 heteroatoms. The number of alkyl halides is 3. The zero-order valence-corrected chi connectivity index (χ0v) is 8.87. The predicted molar refractivity (Wildman–Crippen MR) is 52.0 cm³/mol. The van der Waals surface area contributed by atoms with Crippen LogP contribution >= 0.6 is 23.2 Å². The second-order valence-corrected chi connectivity index (χ2v) is 3.78. The summed E-state index contributed by atoms with van der Waals surface area (Å²) in [5.41, 5.74) is 5.05.